The monoisotopic (exact) mass is 766 g/mol. The number of aryl methyl sites for hydroxylation is 2. The van der Waals surface area contributed by atoms with Gasteiger partial charge in [-0.2, -0.15) is 0 Å². The summed E-state index contributed by atoms with van der Waals surface area (Å²) in [5.74, 6) is -0.931. The van der Waals surface area contributed by atoms with Crippen LogP contribution in [0, 0.1) is 5.82 Å². The Morgan fingerprint density at radius 1 is 0.946 bits per heavy atom. The number of rotatable bonds is 15. The van der Waals surface area contributed by atoms with Crippen molar-refractivity contribution in [2.75, 3.05) is 31.3 Å². The third-order valence-corrected chi connectivity index (χ3v) is 9.57. The minimum atomic E-state index is -0.712. The molecule has 0 spiro atoms. The van der Waals surface area contributed by atoms with Crippen LogP contribution in [0.1, 0.15) is 66.9 Å². The number of piperidine rings is 1. The molecule has 16 nitrogen and oxygen atoms in total. The summed E-state index contributed by atoms with van der Waals surface area (Å²) in [5.41, 5.74) is 3.76. The fourth-order valence-corrected chi connectivity index (χ4v) is 6.71. The smallest absolute Gasteiger partial charge is 0.329 e. The number of aromatic nitrogens is 5. The molecule has 4 heterocycles. The SMILES string of the molecule is CNC(=O)c1cnc(NC(=O)NCCCCCCCc2ccc3c(c2)n(C)c(=O)n3C2CCC(=O)NC2=O)cc1Nc1cccc(-c2ncc(F)cn2)c1OC. The first-order valence-corrected chi connectivity index (χ1v) is 18.3. The summed E-state index contributed by atoms with van der Waals surface area (Å²) in [4.78, 5) is 74.9. The fraction of sp³-hybridized carbons (Fsp3) is 0.333. The van der Waals surface area contributed by atoms with Gasteiger partial charge in [-0.25, -0.2) is 28.9 Å². The minimum Gasteiger partial charge on any atom is -0.494 e. The van der Waals surface area contributed by atoms with Gasteiger partial charge in [-0.05, 0) is 55.5 Å². The van der Waals surface area contributed by atoms with Crippen LogP contribution in [0.5, 0.6) is 5.75 Å². The number of amides is 5. The molecule has 1 aliphatic rings. The van der Waals surface area contributed by atoms with Gasteiger partial charge in [0.05, 0.1) is 53.0 Å². The number of ether oxygens (including phenoxy) is 1. The third-order valence-electron chi connectivity index (χ3n) is 9.57. The fourth-order valence-electron chi connectivity index (χ4n) is 6.71. The Morgan fingerprint density at radius 3 is 2.46 bits per heavy atom. The Morgan fingerprint density at radius 2 is 1.71 bits per heavy atom. The van der Waals surface area contributed by atoms with Crippen molar-refractivity contribution >= 4 is 52.0 Å². The molecular formula is C39H43FN10O6. The van der Waals surface area contributed by atoms with Gasteiger partial charge < -0.3 is 20.7 Å². The number of methoxy groups -OCH3 is 1. The van der Waals surface area contributed by atoms with E-state index >= 15 is 0 Å². The van der Waals surface area contributed by atoms with Gasteiger partial charge in [0.25, 0.3) is 5.91 Å². The summed E-state index contributed by atoms with van der Waals surface area (Å²) in [5, 5.41) is 13.7. The summed E-state index contributed by atoms with van der Waals surface area (Å²) in [6, 6.07) is 11.4. The Balaban J connectivity index is 0.975. The molecule has 1 aliphatic heterocycles. The average Bonchev–Trinajstić information content (AvgIpc) is 3.43. The third kappa shape index (κ3) is 8.83. The van der Waals surface area contributed by atoms with Crippen LogP contribution in [0.2, 0.25) is 0 Å². The number of fused-ring (bicyclic) bond motifs is 1. The van der Waals surface area contributed by atoms with Crippen LogP contribution in [0.3, 0.4) is 0 Å². The number of imide groups is 1. The molecule has 1 atom stereocenters. The molecule has 0 aliphatic carbocycles. The minimum absolute atomic E-state index is 0.195. The second-order valence-electron chi connectivity index (χ2n) is 13.3. The van der Waals surface area contributed by atoms with Crippen molar-refractivity contribution in [2.24, 2.45) is 7.05 Å². The summed E-state index contributed by atoms with van der Waals surface area (Å²) >= 11 is 0. The molecule has 5 N–H and O–H groups in total. The number of hydrogen-bond acceptors (Lipinski definition) is 10. The number of nitrogens with zero attached hydrogens (tertiary/aromatic N) is 5. The van der Waals surface area contributed by atoms with Crippen molar-refractivity contribution in [3.05, 3.63) is 88.5 Å². The normalized spacial score (nSPS) is 14.0. The summed E-state index contributed by atoms with van der Waals surface area (Å²) in [6.07, 6.45) is 9.40. The molecular weight excluding hydrogens is 723 g/mol. The molecule has 1 unspecified atom stereocenters. The van der Waals surface area contributed by atoms with Gasteiger partial charge in [-0.3, -0.25) is 34.2 Å². The van der Waals surface area contributed by atoms with E-state index in [0.717, 1.165) is 62.0 Å². The van der Waals surface area contributed by atoms with E-state index < -0.39 is 29.7 Å². The van der Waals surface area contributed by atoms with E-state index in [2.05, 4.69) is 41.5 Å². The molecule has 17 heteroatoms. The van der Waals surface area contributed by atoms with Crippen LogP contribution in [0.15, 0.2) is 65.8 Å². The van der Waals surface area contributed by atoms with Crippen molar-refractivity contribution in [2.45, 2.75) is 57.4 Å². The molecule has 2 aromatic carbocycles. The van der Waals surface area contributed by atoms with Crippen molar-refractivity contribution in [1.29, 1.82) is 0 Å². The van der Waals surface area contributed by atoms with Gasteiger partial charge in [-0.15, -0.1) is 0 Å². The van der Waals surface area contributed by atoms with Crippen molar-refractivity contribution in [3.8, 4) is 17.1 Å². The number of imidazole rings is 1. The van der Waals surface area contributed by atoms with E-state index in [1.807, 2.05) is 18.2 Å². The topological polar surface area (TPSA) is 203 Å². The number of carbonyl (C=O) groups is 4. The molecule has 5 aromatic rings. The van der Waals surface area contributed by atoms with E-state index in [0.29, 0.717) is 41.2 Å². The number of para-hydroxylation sites is 1. The zero-order valence-corrected chi connectivity index (χ0v) is 31.3. The number of nitrogens with one attached hydrogen (secondary N) is 5. The maximum absolute atomic E-state index is 13.5. The first-order valence-electron chi connectivity index (χ1n) is 18.3. The Labute approximate surface area is 321 Å². The number of halogens is 1. The zero-order valence-electron chi connectivity index (χ0n) is 31.3. The van der Waals surface area contributed by atoms with Crippen LogP contribution >= 0.6 is 0 Å². The van der Waals surface area contributed by atoms with Crippen LogP contribution in [0.4, 0.5) is 26.4 Å². The highest BCUT2D eigenvalue weighted by Gasteiger charge is 2.31. The van der Waals surface area contributed by atoms with E-state index in [-0.39, 0.29) is 35.2 Å². The standard InChI is InChI=1S/C39H43FN10O6/c1-41-36(52)26-22-43-32(19-28(26)46-27-12-9-11-25(34(27)56-3)35-44-20-24(40)21-45-35)47-38(54)42-17-8-6-4-5-7-10-23-13-14-29-31(18-23)49(2)39(55)50(29)30-15-16-33(51)48-37(30)53/h9,11-14,18-22,30H,4-8,10,15-17H2,1-3H3,(H,41,52)(H,48,51,53)(H3,42,43,46,47,54). The van der Waals surface area contributed by atoms with Crippen molar-refractivity contribution in [1.82, 2.24) is 40.0 Å². The molecule has 56 heavy (non-hydrogen) atoms. The highest BCUT2D eigenvalue weighted by Crippen LogP contribution is 2.37. The number of hydrogen-bond donors (Lipinski definition) is 5. The summed E-state index contributed by atoms with van der Waals surface area (Å²) < 4.78 is 22.1. The maximum atomic E-state index is 13.5. The van der Waals surface area contributed by atoms with E-state index in [4.69, 9.17) is 4.74 Å². The lowest BCUT2D eigenvalue weighted by atomic mass is 10.0. The van der Waals surface area contributed by atoms with Crippen molar-refractivity contribution < 1.29 is 28.3 Å². The van der Waals surface area contributed by atoms with Gasteiger partial charge in [0.15, 0.2) is 17.4 Å². The van der Waals surface area contributed by atoms with Crippen LogP contribution in [-0.2, 0) is 23.1 Å². The van der Waals surface area contributed by atoms with E-state index in [1.54, 1.807) is 29.8 Å². The molecule has 5 amide bonds. The molecule has 0 saturated carbocycles. The van der Waals surface area contributed by atoms with E-state index in [1.165, 1.54) is 31.0 Å². The number of pyridine rings is 1. The quantitative estimate of drug-likeness (QED) is 0.0732. The van der Waals surface area contributed by atoms with Crippen LogP contribution < -0.4 is 37.0 Å². The molecule has 1 fully saturated rings. The molecule has 3 aromatic heterocycles. The van der Waals surface area contributed by atoms with E-state index in [9.17, 15) is 28.4 Å². The van der Waals surface area contributed by atoms with Gasteiger partial charge in [-0.1, -0.05) is 31.4 Å². The molecule has 292 valence electrons. The predicted octanol–water partition coefficient (Wildman–Crippen LogP) is 4.74. The summed E-state index contributed by atoms with van der Waals surface area (Å²) in [7, 11) is 4.65. The second kappa shape index (κ2) is 17.7. The highest BCUT2D eigenvalue weighted by atomic mass is 19.1. The number of anilines is 3. The lowest BCUT2D eigenvalue weighted by molar-refractivity contribution is -0.135. The largest absolute Gasteiger partial charge is 0.494 e. The van der Waals surface area contributed by atoms with Gasteiger partial charge in [0.2, 0.25) is 11.8 Å². The molecule has 1 saturated heterocycles. The highest BCUT2D eigenvalue weighted by molar-refractivity contribution is 6.01. The van der Waals surface area contributed by atoms with Crippen LogP contribution in [0.25, 0.3) is 22.4 Å². The lowest BCUT2D eigenvalue weighted by Crippen LogP contribution is -2.44. The average molecular weight is 767 g/mol. The Hall–Kier alpha value is -6.65. The summed E-state index contributed by atoms with van der Waals surface area (Å²) in [6.45, 7) is 0.456. The first-order chi connectivity index (χ1) is 27.1. The molecule has 0 bridgehead atoms. The van der Waals surface area contributed by atoms with Gasteiger partial charge >= 0.3 is 11.7 Å². The Kier molecular flexibility index (Phi) is 12.3. The molecule has 6 rings (SSSR count). The predicted molar refractivity (Wildman–Crippen MR) is 207 cm³/mol. The number of carbonyl (C=O) groups excluding carboxylic acids is 4. The first kappa shape index (κ1) is 39.1. The molecule has 0 radical (unpaired) electrons. The Bertz CT molecular complexity index is 2320. The number of urea groups is 1. The maximum Gasteiger partial charge on any atom is 0.329 e. The zero-order chi connectivity index (χ0) is 39.8. The van der Waals surface area contributed by atoms with Crippen LogP contribution in [-0.4, -0.2) is 68.5 Å². The number of unbranched alkanes of at least 4 members (excludes halogenated alkanes) is 4. The lowest BCUT2D eigenvalue weighted by Gasteiger charge is -2.21. The number of benzene rings is 2. The second-order valence-corrected chi connectivity index (χ2v) is 13.3. The van der Waals surface area contributed by atoms with Crippen molar-refractivity contribution in [3.63, 3.8) is 0 Å². The van der Waals surface area contributed by atoms with Gasteiger partial charge in [0, 0.05) is 39.3 Å². The van der Waals surface area contributed by atoms with Gasteiger partial charge in [0.1, 0.15) is 11.9 Å².